The predicted octanol–water partition coefficient (Wildman–Crippen LogP) is 2.06. The molecule has 112 valence electrons. The van der Waals surface area contributed by atoms with Crippen molar-refractivity contribution in [3.05, 3.63) is 18.2 Å². The van der Waals surface area contributed by atoms with Crippen molar-refractivity contribution >= 4 is 24.0 Å². The van der Waals surface area contributed by atoms with Crippen LogP contribution in [-0.4, -0.2) is 33.2 Å². The van der Waals surface area contributed by atoms with E-state index < -0.39 is 0 Å². The fourth-order valence-corrected chi connectivity index (χ4v) is 1.82. The lowest BCUT2D eigenvalue weighted by Gasteiger charge is -2.12. The largest absolute Gasteiger partial charge is 0.497 e. The number of methoxy groups -OCH3 is 2. The van der Waals surface area contributed by atoms with Crippen LogP contribution in [0.5, 0.6) is 11.5 Å². The monoisotopic (exact) mass is 300 g/mol. The molecule has 1 aliphatic carbocycles. The molecule has 1 aromatic carbocycles. The van der Waals surface area contributed by atoms with Crippen molar-refractivity contribution in [3.8, 4) is 11.5 Å². The number of benzene rings is 1. The minimum absolute atomic E-state index is 0. The van der Waals surface area contributed by atoms with E-state index in [1.807, 2.05) is 0 Å². The van der Waals surface area contributed by atoms with Gasteiger partial charge >= 0.3 is 0 Å². The Morgan fingerprint density at radius 2 is 2.05 bits per heavy atom. The molecule has 2 N–H and O–H groups in total. The molecule has 0 radical (unpaired) electrons. The number of anilines is 1. The molecule has 1 aliphatic rings. The summed E-state index contributed by atoms with van der Waals surface area (Å²) >= 11 is 0. The molecule has 0 bridgehead atoms. The summed E-state index contributed by atoms with van der Waals surface area (Å²) in [6, 6.07) is 5.31. The molecule has 1 saturated carbocycles. The predicted molar refractivity (Wildman–Crippen MR) is 81.0 cm³/mol. The van der Waals surface area contributed by atoms with Gasteiger partial charge in [-0.25, -0.2) is 0 Å². The Kier molecular flexibility index (Phi) is 6.61. The molecule has 0 atom stereocenters. The van der Waals surface area contributed by atoms with Gasteiger partial charge in [0.2, 0.25) is 5.91 Å². The molecule has 0 aromatic heterocycles. The van der Waals surface area contributed by atoms with Gasteiger partial charge in [-0.05, 0) is 37.4 Å². The van der Waals surface area contributed by atoms with Gasteiger partial charge in [0.05, 0.1) is 26.5 Å². The highest BCUT2D eigenvalue weighted by molar-refractivity contribution is 5.93. The van der Waals surface area contributed by atoms with E-state index in [4.69, 9.17) is 9.47 Å². The van der Waals surface area contributed by atoms with E-state index >= 15 is 0 Å². The van der Waals surface area contributed by atoms with Crippen LogP contribution in [0.3, 0.4) is 0 Å². The third-order valence-electron chi connectivity index (χ3n) is 3.10. The van der Waals surface area contributed by atoms with Crippen LogP contribution in [0.15, 0.2) is 18.2 Å². The van der Waals surface area contributed by atoms with Gasteiger partial charge in [-0.15, -0.1) is 12.4 Å². The maximum atomic E-state index is 11.8. The molecule has 2 rings (SSSR count). The Morgan fingerprint density at radius 3 is 2.65 bits per heavy atom. The molecule has 20 heavy (non-hydrogen) atoms. The molecule has 1 aromatic rings. The summed E-state index contributed by atoms with van der Waals surface area (Å²) in [4.78, 5) is 11.8. The lowest BCUT2D eigenvalue weighted by Crippen LogP contribution is -2.29. The Labute approximate surface area is 125 Å². The lowest BCUT2D eigenvalue weighted by molar-refractivity contribution is -0.115. The zero-order valence-corrected chi connectivity index (χ0v) is 12.6. The standard InChI is InChI=1S/C14H20N2O3.ClH/c1-18-11-5-6-13(19-2)12(7-11)16-14(17)9-15-8-10-3-4-10;/h5-7,10,15H,3-4,8-9H2,1-2H3,(H,16,17);1H. The highest BCUT2D eigenvalue weighted by Crippen LogP contribution is 2.29. The quantitative estimate of drug-likeness (QED) is 0.809. The number of rotatable bonds is 7. The first-order chi connectivity index (χ1) is 9.22. The Bertz CT molecular complexity index is 450. The van der Waals surface area contributed by atoms with Gasteiger partial charge in [-0.3, -0.25) is 4.79 Å². The average molecular weight is 301 g/mol. The number of hydrogen-bond acceptors (Lipinski definition) is 4. The number of carbonyl (C=O) groups excluding carboxylic acids is 1. The fourth-order valence-electron chi connectivity index (χ4n) is 1.82. The Balaban J connectivity index is 0.00000200. The first-order valence-corrected chi connectivity index (χ1v) is 6.45. The van der Waals surface area contributed by atoms with E-state index in [1.54, 1.807) is 32.4 Å². The number of carbonyl (C=O) groups is 1. The van der Waals surface area contributed by atoms with Crippen LogP contribution < -0.4 is 20.1 Å². The molecule has 1 amide bonds. The minimum atomic E-state index is -0.0767. The molecular formula is C14H21ClN2O3. The molecule has 1 fully saturated rings. The van der Waals surface area contributed by atoms with Crippen molar-refractivity contribution in [3.63, 3.8) is 0 Å². The van der Waals surface area contributed by atoms with Crippen LogP contribution in [0.1, 0.15) is 12.8 Å². The van der Waals surface area contributed by atoms with E-state index in [0.29, 0.717) is 23.7 Å². The molecule has 0 spiro atoms. The highest BCUT2D eigenvalue weighted by Gasteiger charge is 2.20. The first kappa shape index (κ1) is 16.6. The number of ether oxygens (including phenoxy) is 2. The summed E-state index contributed by atoms with van der Waals surface area (Å²) < 4.78 is 10.3. The summed E-state index contributed by atoms with van der Waals surface area (Å²) in [7, 11) is 3.16. The second-order valence-corrected chi connectivity index (χ2v) is 4.69. The minimum Gasteiger partial charge on any atom is -0.497 e. The van der Waals surface area contributed by atoms with E-state index in [-0.39, 0.29) is 18.3 Å². The SMILES string of the molecule is COc1ccc(OC)c(NC(=O)CNCC2CC2)c1.Cl. The van der Waals surface area contributed by atoms with Gasteiger partial charge in [0.25, 0.3) is 0 Å². The van der Waals surface area contributed by atoms with Gasteiger partial charge in [0, 0.05) is 6.07 Å². The normalized spacial score (nSPS) is 13.3. The molecule has 6 heteroatoms. The summed E-state index contributed by atoms with van der Waals surface area (Å²) in [6.45, 7) is 1.24. The van der Waals surface area contributed by atoms with Gasteiger partial charge in [-0.1, -0.05) is 0 Å². The maximum absolute atomic E-state index is 11.8. The zero-order chi connectivity index (χ0) is 13.7. The summed E-state index contributed by atoms with van der Waals surface area (Å²) in [5, 5.41) is 5.97. The number of hydrogen-bond donors (Lipinski definition) is 2. The van der Waals surface area contributed by atoms with Crippen LogP contribution in [0.25, 0.3) is 0 Å². The van der Waals surface area contributed by atoms with Crippen molar-refractivity contribution in [2.45, 2.75) is 12.8 Å². The lowest BCUT2D eigenvalue weighted by atomic mass is 10.2. The van der Waals surface area contributed by atoms with E-state index in [0.717, 1.165) is 12.5 Å². The fraction of sp³-hybridized carbons (Fsp3) is 0.500. The average Bonchev–Trinajstić information content (AvgIpc) is 3.22. The highest BCUT2D eigenvalue weighted by atomic mass is 35.5. The second kappa shape index (κ2) is 7.97. The van der Waals surface area contributed by atoms with Crippen LogP contribution >= 0.6 is 12.4 Å². The van der Waals surface area contributed by atoms with Gasteiger partial charge in [0.1, 0.15) is 11.5 Å². The van der Waals surface area contributed by atoms with Crippen molar-refractivity contribution in [2.75, 3.05) is 32.6 Å². The van der Waals surface area contributed by atoms with Crippen LogP contribution in [-0.2, 0) is 4.79 Å². The summed E-state index contributed by atoms with van der Waals surface area (Å²) in [5.74, 6) is 1.99. The molecule has 0 unspecified atom stereocenters. The van der Waals surface area contributed by atoms with E-state index in [9.17, 15) is 4.79 Å². The maximum Gasteiger partial charge on any atom is 0.238 e. The van der Waals surface area contributed by atoms with Crippen molar-refractivity contribution in [1.82, 2.24) is 5.32 Å². The number of nitrogens with one attached hydrogen (secondary N) is 2. The number of halogens is 1. The third kappa shape index (κ3) is 4.90. The summed E-state index contributed by atoms with van der Waals surface area (Å²) in [6.07, 6.45) is 2.55. The summed E-state index contributed by atoms with van der Waals surface area (Å²) in [5.41, 5.74) is 0.625. The number of amides is 1. The van der Waals surface area contributed by atoms with E-state index in [1.165, 1.54) is 12.8 Å². The van der Waals surface area contributed by atoms with Gasteiger partial charge < -0.3 is 20.1 Å². The Morgan fingerprint density at radius 1 is 1.30 bits per heavy atom. The van der Waals surface area contributed by atoms with Gasteiger partial charge in [0.15, 0.2) is 0 Å². The van der Waals surface area contributed by atoms with Crippen molar-refractivity contribution in [1.29, 1.82) is 0 Å². The smallest absolute Gasteiger partial charge is 0.238 e. The zero-order valence-electron chi connectivity index (χ0n) is 11.8. The molecular weight excluding hydrogens is 280 g/mol. The van der Waals surface area contributed by atoms with Crippen LogP contribution in [0.2, 0.25) is 0 Å². The van der Waals surface area contributed by atoms with Gasteiger partial charge in [-0.2, -0.15) is 0 Å². The Hall–Kier alpha value is -1.46. The topological polar surface area (TPSA) is 59.6 Å². The van der Waals surface area contributed by atoms with Crippen molar-refractivity contribution in [2.24, 2.45) is 5.92 Å². The third-order valence-corrected chi connectivity index (χ3v) is 3.10. The molecule has 5 nitrogen and oxygen atoms in total. The van der Waals surface area contributed by atoms with Crippen LogP contribution in [0, 0.1) is 5.92 Å². The molecule has 0 heterocycles. The second-order valence-electron chi connectivity index (χ2n) is 4.69. The van der Waals surface area contributed by atoms with E-state index in [2.05, 4.69) is 10.6 Å². The van der Waals surface area contributed by atoms with Crippen molar-refractivity contribution < 1.29 is 14.3 Å². The molecule has 0 aliphatic heterocycles. The molecule has 0 saturated heterocycles. The van der Waals surface area contributed by atoms with Crippen LogP contribution in [0.4, 0.5) is 5.69 Å². The first-order valence-electron chi connectivity index (χ1n) is 6.45.